The molecule has 0 N–H and O–H groups in total. The lowest BCUT2D eigenvalue weighted by Crippen LogP contribution is -2.39. The van der Waals surface area contributed by atoms with Crippen LogP contribution in [0.15, 0.2) is 17.8 Å². The number of hydrogen-bond acceptors (Lipinski definition) is 3. The molecule has 0 saturated carbocycles. The molecule has 1 aliphatic carbocycles. The second-order valence-electron chi connectivity index (χ2n) is 5.85. The van der Waals surface area contributed by atoms with Crippen molar-refractivity contribution in [2.75, 3.05) is 20.3 Å². The number of carbonyl (C=O) groups excluding carboxylic acids is 1. The minimum absolute atomic E-state index is 0.185. The number of fused-ring (bicyclic) bond motifs is 1. The normalized spacial score (nSPS) is 21.3. The predicted molar refractivity (Wildman–Crippen MR) is 79.9 cm³/mol. The van der Waals surface area contributed by atoms with Gasteiger partial charge in [0, 0.05) is 43.5 Å². The Labute approximate surface area is 125 Å². The summed E-state index contributed by atoms with van der Waals surface area (Å²) < 4.78 is 7.30. The summed E-state index contributed by atoms with van der Waals surface area (Å²) in [6.45, 7) is 4.91. The quantitative estimate of drug-likeness (QED) is 0.852. The Morgan fingerprint density at radius 3 is 3.05 bits per heavy atom. The number of aryl methyl sites for hydroxylation is 1. The van der Waals surface area contributed by atoms with Gasteiger partial charge >= 0.3 is 0 Å². The molecule has 0 aromatic carbocycles. The average molecular weight is 289 g/mol. The largest absolute Gasteiger partial charge is 0.384 e. The van der Waals surface area contributed by atoms with Crippen molar-refractivity contribution in [1.82, 2.24) is 14.7 Å². The molecule has 0 fully saturated rings. The van der Waals surface area contributed by atoms with E-state index in [1.54, 1.807) is 7.11 Å². The Bertz CT molecular complexity index is 562. The van der Waals surface area contributed by atoms with Gasteiger partial charge in [0.05, 0.1) is 18.8 Å². The van der Waals surface area contributed by atoms with Gasteiger partial charge in [-0.15, -0.1) is 0 Å². The molecular weight excluding hydrogens is 266 g/mol. The van der Waals surface area contributed by atoms with E-state index in [0.29, 0.717) is 13.2 Å². The van der Waals surface area contributed by atoms with Crippen LogP contribution in [-0.4, -0.2) is 40.8 Å². The van der Waals surface area contributed by atoms with Crippen molar-refractivity contribution in [1.29, 1.82) is 0 Å². The lowest BCUT2D eigenvalue weighted by atomic mass is 9.95. The maximum absolute atomic E-state index is 12.6. The molecule has 5 nitrogen and oxygen atoms in total. The molecule has 1 atom stereocenters. The number of rotatable bonds is 4. The SMILES string of the molecule is CCn1cc2c(n1)CN(C(=O)C1=CCCC1)CC2COC. The lowest BCUT2D eigenvalue weighted by Gasteiger charge is -2.32. The first kappa shape index (κ1) is 14.3. The van der Waals surface area contributed by atoms with Gasteiger partial charge in [-0.2, -0.15) is 5.10 Å². The van der Waals surface area contributed by atoms with Crippen molar-refractivity contribution in [3.63, 3.8) is 0 Å². The highest BCUT2D eigenvalue weighted by Gasteiger charge is 2.32. The Balaban J connectivity index is 1.84. The van der Waals surface area contributed by atoms with Gasteiger partial charge in [0.15, 0.2) is 0 Å². The van der Waals surface area contributed by atoms with E-state index in [0.717, 1.165) is 43.6 Å². The summed E-state index contributed by atoms with van der Waals surface area (Å²) in [6, 6.07) is 0. The fourth-order valence-corrected chi connectivity index (χ4v) is 3.28. The smallest absolute Gasteiger partial charge is 0.249 e. The predicted octanol–water partition coefficient (Wildman–Crippen LogP) is 2.09. The van der Waals surface area contributed by atoms with E-state index in [1.165, 1.54) is 5.56 Å². The van der Waals surface area contributed by atoms with Crippen LogP contribution in [0.2, 0.25) is 0 Å². The van der Waals surface area contributed by atoms with Crippen molar-refractivity contribution in [2.45, 2.75) is 45.2 Å². The van der Waals surface area contributed by atoms with Gasteiger partial charge in [0.2, 0.25) is 5.91 Å². The molecule has 1 amide bonds. The number of ether oxygens (including phenoxy) is 1. The Hall–Kier alpha value is -1.62. The number of carbonyl (C=O) groups is 1. The van der Waals surface area contributed by atoms with Gasteiger partial charge < -0.3 is 9.64 Å². The summed E-state index contributed by atoms with van der Waals surface area (Å²) in [5.41, 5.74) is 3.24. The second kappa shape index (κ2) is 6.02. The number of hydrogen-bond donors (Lipinski definition) is 0. The molecule has 2 aliphatic rings. The first-order valence-electron chi connectivity index (χ1n) is 7.76. The van der Waals surface area contributed by atoms with Gasteiger partial charge in [-0.05, 0) is 26.2 Å². The summed E-state index contributed by atoms with van der Waals surface area (Å²) in [7, 11) is 1.71. The fourth-order valence-electron chi connectivity index (χ4n) is 3.28. The standard InChI is InChI=1S/C16H23N3O2/c1-3-19-9-14-13(11-21-2)8-18(10-15(14)17-19)16(20)12-6-4-5-7-12/h6,9,13H,3-5,7-8,10-11H2,1-2H3. The van der Waals surface area contributed by atoms with E-state index in [2.05, 4.69) is 24.3 Å². The Kier molecular flexibility index (Phi) is 4.10. The number of aromatic nitrogens is 2. The van der Waals surface area contributed by atoms with E-state index in [-0.39, 0.29) is 11.8 Å². The highest BCUT2D eigenvalue weighted by molar-refractivity contribution is 5.94. The van der Waals surface area contributed by atoms with Crippen molar-refractivity contribution in [3.8, 4) is 0 Å². The molecule has 2 heterocycles. The maximum Gasteiger partial charge on any atom is 0.249 e. The van der Waals surface area contributed by atoms with Crippen LogP contribution >= 0.6 is 0 Å². The zero-order valence-corrected chi connectivity index (χ0v) is 12.8. The van der Waals surface area contributed by atoms with E-state index >= 15 is 0 Å². The van der Waals surface area contributed by atoms with Crippen molar-refractivity contribution < 1.29 is 9.53 Å². The zero-order chi connectivity index (χ0) is 14.8. The summed E-state index contributed by atoms with van der Waals surface area (Å²) in [4.78, 5) is 14.6. The third-order valence-corrected chi connectivity index (χ3v) is 4.39. The van der Waals surface area contributed by atoms with Gasteiger partial charge in [0.25, 0.3) is 0 Å². The van der Waals surface area contributed by atoms with Crippen LogP contribution in [0.3, 0.4) is 0 Å². The highest BCUT2D eigenvalue weighted by Crippen LogP contribution is 2.30. The van der Waals surface area contributed by atoms with Crippen LogP contribution < -0.4 is 0 Å². The highest BCUT2D eigenvalue weighted by atomic mass is 16.5. The molecule has 1 aromatic rings. The molecular formula is C16H23N3O2. The lowest BCUT2D eigenvalue weighted by molar-refractivity contribution is -0.128. The molecule has 3 rings (SSSR count). The van der Waals surface area contributed by atoms with Crippen LogP contribution in [0, 0.1) is 0 Å². The maximum atomic E-state index is 12.6. The first-order chi connectivity index (χ1) is 10.2. The van der Waals surface area contributed by atoms with E-state index in [1.807, 2.05) is 9.58 Å². The topological polar surface area (TPSA) is 47.4 Å². The molecule has 0 radical (unpaired) electrons. The molecule has 1 aromatic heterocycles. The van der Waals surface area contributed by atoms with E-state index in [4.69, 9.17) is 4.74 Å². The van der Waals surface area contributed by atoms with Gasteiger partial charge in [-0.3, -0.25) is 9.48 Å². The Morgan fingerprint density at radius 1 is 1.52 bits per heavy atom. The molecule has 0 saturated heterocycles. The van der Waals surface area contributed by atoms with Crippen LogP contribution in [-0.2, 0) is 22.6 Å². The van der Waals surface area contributed by atoms with Gasteiger partial charge in [-0.1, -0.05) is 6.08 Å². The summed E-state index contributed by atoms with van der Waals surface area (Å²) in [6.07, 6.45) is 7.25. The van der Waals surface area contributed by atoms with E-state index in [9.17, 15) is 4.79 Å². The average Bonchev–Trinajstić information content (AvgIpc) is 3.15. The number of amides is 1. The van der Waals surface area contributed by atoms with Gasteiger partial charge in [0.1, 0.15) is 0 Å². The van der Waals surface area contributed by atoms with Crippen molar-refractivity contribution in [2.24, 2.45) is 0 Å². The summed E-state index contributed by atoms with van der Waals surface area (Å²) >= 11 is 0. The van der Waals surface area contributed by atoms with E-state index < -0.39 is 0 Å². The molecule has 5 heteroatoms. The minimum Gasteiger partial charge on any atom is -0.384 e. The van der Waals surface area contributed by atoms with Crippen LogP contribution in [0.1, 0.15) is 43.4 Å². The summed E-state index contributed by atoms with van der Waals surface area (Å²) in [5, 5.41) is 4.61. The summed E-state index contributed by atoms with van der Waals surface area (Å²) in [5.74, 6) is 0.412. The van der Waals surface area contributed by atoms with Crippen molar-refractivity contribution >= 4 is 5.91 Å². The van der Waals surface area contributed by atoms with Crippen LogP contribution in [0.25, 0.3) is 0 Å². The second-order valence-corrected chi connectivity index (χ2v) is 5.85. The molecule has 114 valence electrons. The molecule has 0 spiro atoms. The molecule has 0 bridgehead atoms. The number of nitrogens with zero attached hydrogens (tertiary/aromatic N) is 3. The third kappa shape index (κ3) is 2.75. The minimum atomic E-state index is 0.185. The van der Waals surface area contributed by atoms with Crippen molar-refractivity contribution in [3.05, 3.63) is 29.1 Å². The van der Waals surface area contributed by atoms with Crippen LogP contribution in [0.5, 0.6) is 0 Å². The Morgan fingerprint density at radius 2 is 2.38 bits per heavy atom. The fraction of sp³-hybridized carbons (Fsp3) is 0.625. The molecule has 1 aliphatic heterocycles. The molecule has 21 heavy (non-hydrogen) atoms. The number of allylic oxidation sites excluding steroid dienone is 1. The number of methoxy groups -OCH3 is 1. The molecule has 1 unspecified atom stereocenters. The zero-order valence-electron chi connectivity index (χ0n) is 12.8. The third-order valence-electron chi connectivity index (χ3n) is 4.39. The first-order valence-corrected chi connectivity index (χ1v) is 7.76. The van der Waals surface area contributed by atoms with Gasteiger partial charge in [-0.25, -0.2) is 0 Å². The monoisotopic (exact) mass is 289 g/mol. The van der Waals surface area contributed by atoms with Crippen LogP contribution in [0.4, 0.5) is 0 Å².